The van der Waals surface area contributed by atoms with Crippen LogP contribution in [-0.2, 0) is 4.74 Å². The van der Waals surface area contributed by atoms with Crippen molar-refractivity contribution in [3.63, 3.8) is 0 Å². The highest BCUT2D eigenvalue weighted by Gasteiger charge is 2.17. The molecule has 3 nitrogen and oxygen atoms in total. The Morgan fingerprint density at radius 3 is 2.18 bits per heavy atom. The molecule has 1 fully saturated rings. The average molecular weight is 181 g/mol. The van der Waals surface area contributed by atoms with Gasteiger partial charge in [0.1, 0.15) is 0 Å². The van der Waals surface area contributed by atoms with Gasteiger partial charge in [-0.15, -0.1) is 0 Å². The molecule has 0 aromatic carbocycles. The molecule has 1 N–H and O–H groups in total. The first-order valence-corrected chi connectivity index (χ1v) is 3.49. The Bertz CT molecular complexity index is 82.8. The lowest BCUT2D eigenvalue weighted by molar-refractivity contribution is 0.111. The van der Waals surface area contributed by atoms with Crippen LogP contribution in [0.2, 0.25) is 0 Å². The summed E-state index contributed by atoms with van der Waals surface area (Å²) in [7, 11) is 4.91. The molecule has 0 aliphatic carbocycles. The molecule has 0 bridgehead atoms. The fraction of sp³-hybridized carbons (Fsp3) is 1.00. The van der Waals surface area contributed by atoms with Gasteiger partial charge in [0.15, 0.2) is 0 Å². The first-order valence-electron chi connectivity index (χ1n) is 3.49. The number of aliphatic hydroxyl groups excluding tert-OH is 1. The molecule has 0 amide bonds. The van der Waals surface area contributed by atoms with E-state index in [9.17, 15) is 0 Å². The molecule has 11 heavy (non-hydrogen) atoms. The van der Waals surface area contributed by atoms with Gasteiger partial charge in [-0.3, -0.25) is 0 Å². The molecule has 0 saturated carbocycles. The summed E-state index contributed by atoms with van der Waals surface area (Å²) < 4.78 is 5.14. The number of rotatable bonds is 1. The molecule has 1 rings (SSSR count). The maximum Gasteiger partial charge on any atom is 0.0710 e. The quantitative estimate of drug-likeness (QED) is 0.621. The minimum atomic E-state index is 0. The van der Waals surface area contributed by atoms with Gasteiger partial charge in [-0.25, -0.2) is 0 Å². The SMILES string of the molecule is CO.CO[C@H]1CCN(C)C1.S. The summed E-state index contributed by atoms with van der Waals surface area (Å²) in [5.41, 5.74) is 0. The third kappa shape index (κ3) is 5.49. The van der Waals surface area contributed by atoms with E-state index in [1.54, 1.807) is 7.11 Å². The number of likely N-dealkylation sites (tertiary alicyclic amines) is 1. The van der Waals surface area contributed by atoms with Crippen LogP contribution in [0.1, 0.15) is 6.42 Å². The molecule has 0 aromatic rings. The first kappa shape index (κ1) is 13.8. The fourth-order valence-electron chi connectivity index (χ4n) is 1.09. The maximum absolute atomic E-state index is 7.00. The molecule has 1 saturated heterocycles. The van der Waals surface area contributed by atoms with Crippen molar-refractivity contribution >= 4 is 13.5 Å². The number of likely N-dealkylation sites (N-methyl/N-ethyl adjacent to an activating group) is 1. The van der Waals surface area contributed by atoms with E-state index in [1.165, 1.54) is 13.0 Å². The van der Waals surface area contributed by atoms with E-state index in [-0.39, 0.29) is 13.5 Å². The summed E-state index contributed by atoms with van der Waals surface area (Å²) in [6.45, 7) is 2.30. The van der Waals surface area contributed by atoms with E-state index in [1.807, 2.05) is 0 Å². The molecule has 1 heterocycles. The zero-order valence-corrected chi connectivity index (χ0v) is 8.50. The van der Waals surface area contributed by atoms with Crippen molar-refractivity contribution in [1.82, 2.24) is 4.90 Å². The molecule has 0 aromatic heterocycles. The minimum absolute atomic E-state index is 0. The second-order valence-corrected chi connectivity index (χ2v) is 2.41. The standard InChI is InChI=1S/C6H13NO.CH4O.H2S/c1-7-4-3-6(5-7)8-2;1-2;/h6H,3-5H2,1-2H3;2H,1H3;1H2/t6-;;/m0../s1. The molecule has 1 atom stereocenters. The molecule has 1 aliphatic heterocycles. The van der Waals surface area contributed by atoms with Crippen LogP contribution in [0, 0.1) is 0 Å². The third-order valence-corrected chi connectivity index (χ3v) is 1.68. The third-order valence-electron chi connectivity index (χ3n) is 1.68. The van der Waals surface area contributed by atoms with E-state index in [0.717, 1.165) is 13.7 Å². The van der Waals surface area contributed by atoms with Crippen LogP contribution in [0.4, 0.5) is 0 Å². The Balaban J connectivity index is 0. The average Bonchev–Trinajstić information content (AvgIpc) is 2.40. The van der Waals surface area contributed by atoms with Gasteiger partial charge in [-0.1, -0.05) is 0 Å². The van der Waals surface area contributed by atoms with Crippen molar-refractivity contribution in [3.05, 3.63) is 0 Å². The molecule has 0 radical (unpaired) electrons. The zero-order chi connectivity index (χ0) is 7.98. The molecule has 70 valence electrons. The van der Waals surface area contributed by atoms with Gasteiger partial charge in [-0.2, -0.15) is 13.5 Å². The van der Waals surface area contributed by atoms with Crippen LogP contribution >= 0.6 is 13.5 Å². The lowest BCUT2D eigenvalue weighted by Gasteiger charge is -2.06. The van der Waals surface area contributed by atoms with Crippen molar-refractivity contribution in [3.8, 4) is 0 Å². The van der Waals surface area contributed by atoms with Crippen molar-refractivity contribution in [2.45, 2.75) is 12.5 Å². The van der Waals surface area contributed by atoms with Gasteiger partial charge in [0.05, 0.1) is 6.10 Å². The topological polar surface area (TPSA) is 32.7 Å². The summed E-state index contributed by atoms with van der Waals surface area (Å²) in [6.07, 6.45) is 1.70. The van der Waals surface area contributed by atoms with Crippen LogP contribution < -0.4 is 0 Å². The van der Waals surface area contributed by atoms with Crippen molar-refractivity contribution in [2.75, 3.05) is 34.4 Å². The van der Waals surface area contributed by atoms with Crippen LogP contribution in [0.5, 0.6) is 0 Å². The monoisotopic (exact) mass is 181 g/mol. The van der Waals surface area contributed by atoms with Gasteiger partial charge in [-0.05, 0) is 13.5 Å². The Morgan fingerprint density at radius 2 is 2.00 bits per heavy atom. The van der Waals surface area contributed by atoms with Gasteiger partial charge in [0, 0.05) is 27.3 Å². The highest BCUT2D eigenvalue weighted by molar-refractivity contribution is 7.59. The molecular weight excluding hydrogens is 162 g/mol. The second kappa shape index (κ2) is 8.33. The predicted molar refractivity (Wildman–Crippen MR) is 51.4 cm³/mol. The number of ether oxygens (including phenoxy) is 1. The largest absolute Gasteiger partial charge is 0.400 e. The number of hydrogen-bond acceptors (Lipinski definition) is 3. The Labute approximate surface area is 75.8 Å². The summed E-state index contributed by atoms with van der Waals surface area (Å²) in [5.74, 6) is 0. The van der Waals surface area contributed by atoms with Crippen molar-refractivity contribution < 1.29 is 9.84 Å². The van der Waals surface area contributed by atoms with E-state index in [0.29, 0.717) is 6.10 Å². The summed E-state index contributed by atoms with van der Waals surface area (Å²) in [6, 6.07) is 0. The van der Waals surface area contributed by atoms with Gasteiger partial charge < -0.3 is 14.7 Å². The first-order chi connectivity index (χ1) is 4.83. The highest BCUT2D eigenvalue weighted by atomic mass is 32.1. The Morgan fingerprint density at radius 1 is 1.45 bits per heavy atom. The summed E-state index contributed by atoms with van der Waals surface area (Å²) >= 11 is 0. The summed E-state index contributed by atoms with van der Waals surface area (Å²) in [4.78, 5) is 2.29. The number of hydrogen-bond donors (Lipinski definition) is 1. The highest BCUT2D eigenvalue weighted by Crippen LogP contribution is 2.07. The molecule has 0 spiro atoms. The van der Waals surface area contributed by atoms with Gasteiger partial charge in [0.25, 0.3) is 0 Å². The van der Waals surface area contributed by atoms with Crippen molar-refractivity contribution in [2.24, 2.45) is 0 Å². The lowest BCUT2D eigenvalue weighted by Crippen LogP contribution is -2.17. The van der Waals surface area contributed by atoms with Crippen LogP contribution in [0.15, 0.2) is 0 Å². The normalized spacial score (nSPS) is 23.5. The minimum Gasteiger partial charge on any atom is -0.400 e. The zero-order valence-electron chi connectivity index (χ0n) is 7.50. The smallest absolute Gasteiger partial charge is 0.0710 e. The van der Waals surface area contributed by atoms with E-state index in [4.69, 9.17) is 9.84 Å². The van der Waals surface area contributed by atoms with Crippen molar-refractivity contribution in [1.29, 1.82) is 0 Å². The lowest BCUT2D eigenvalue weighted by atomic mass is 10.3. The number of methoxy groups -OCH3 is 1. The van der Waals surface area contributed by atoms with Gasteiger partial charge in [0.2, 0.25) is 0 Å². The molecule has 1 aliphatic rings. The van der Waals surface area contributed by atoms with Gasteiger partial charge >= 0.3 is 0 Å². The number of aliphatic hydroxyl groups is 1. The molecular formula is C7H19NO2S. The number of nitrogens with zero attached hydrogens (tertiary/aromatic N) is 1. The Hall–Kier alpha value is 0.230. The fourth-order valence-corrected chi connectivity index (χ4v) is 1.09. The summed E-state index contributed by atoms with van der Waals surface area (Å²) in [5, 5.41) is 7.00. The second-order valence-electron chi connectivity index (χ2n) is 2.41. The van der Waals surface area contributed by atoms with Crippen LogP contribution in [0.3, 0.4) is 0 Å². The molecule has 0 unspecified atom stereocenters. The predicted octanol–water partition coefficient (Wildman–Crippen LogP) is 0.0582. The van der Waals surface area contributed by atoms with E-state index < -0.39 is 0 Å². The Kier molecular flexibility index (Phi) is 10.4. The van der Waals surface area contributed by atoms with Crippen LogP contribution in [-0.4, -0.2) is 50.5 Å². The maximum atomic E-state index is 7.00. The van der Waals surface area contributed by atoms with Crippen LogP contribution in [0.25, 0.3) is 0 Å². The van der Waals surface area contributed by atoms with E-state index >= 15 is 0 Å². The molecule has 4 heteroatoms. The van der Waals surface area contributed by atoms with E-state index in [2.05, 4.69) is 11.9 Å².